The van der Waals surface area contributed by atoms with Gasteiger partial charge in [-0.1, -0.05) is 0 Å². The highest BCUT2D eigenvalue weighted by molar-refractivity contribution is 5.94. The first-order chi connectivity index (χ1) is 9.44. The Kier molecular flexibility index (Phi) is 3.85. The van der Waals surface area contributed by atoms with Gasteiger partial charge in [0, 0.05) is 19.9 Å². The maximum absolute atomic E-state index is 11.3. The van der Waals surface area contributed by atoms with E-state index in [-0.39, 0.29) is 10.6 Å². The van der Waals surface area contributed by atoms with Crippen LogP contribution in [0.1, 0.15) is 13.8 Å². The molecule has 0 atom stereocenters. The van der Waals surface area contributed by atoms with Gasteiger partial charge < -0.3 is 10.1 Å². The molecule has 0 saturated heterocycles. The highest BCUT2D eigenvalue weighted by Gasteiger charge is 2.22. The third kappa shape index (κ3) is 2.85. The minimum Gasteiger partial charge on any atom is -0.377 e. The lowest BCUT2D eigenvalue weighted by Gasteiger charge is -2.23. The molecule has 0 radical (unpaired) electrons. The molecule has 6 heteroatoms. The summed E-state index contributed by atoms with van der Waals surface area (Å²) in [6.07, 6.45) is 1.62. The molecule has 2 aromatic rings. The van der Waals surface area contributed by atoms with Gasteiger partial charge in [0.2, 0.25) is 0 Å². The largest absolute Gasteiger partial charge is 0.377 e. The van der Waals surface area contributed by atoms with E-state index < -0.39 is 5.60 Å². The molecule has 1 aromatic heterocycles. The maximum atomic E-state index is 11.3. The summed E-state index contributed by atoms with van der Waals surface area (Å²) in [6, 6.07) is 6.84. The number of aromatic nitrogens is 1. The molecule has 0 fully saturated rings. The number of nitrogens with one attached hydrogen (secondary N) is 1. The predicted octanol–water partition coefficient (Wildman–Crippen LogP) is 2.98. The number of nitro benzene ring substituents is 1. The van der Waals surface area contributed by atoms with Crippen LogP contribution in [0, 0.1) is 10.1 Å². The van der Waals surface area contributed by atoms with Crippen LogP contribution in [0.4, 0.5) is 11.4 Å². The zero-order chi connectivity index (χ0) is 14.8. The Bertz CT molecular complexity index is 641. The normalized spacial score (nSPS) is 11.6. The van der Waals surface area contributed by atoms with Crippen molar-refractivity contribution < 1.29 is 9.66 Å². The van der Waals surface area contributed by atoms with E-state index in [9.17, 15) is 10.1 Å². The summed E-state index contributed by atoms with van der Waals surface area (Å²) in [7, 11) is 1.61. The van der Waals surface area contributed by atoms with Crippen LogP contribution in [0.25, 0.3) is 10.9 Å². The Labute approximate surface area is 116 Å². The van der Waals surface area contributed by atoms with Gasteiger partial charge >= 0.3 is 5.69 Å². The number of ether oxygens (including phenoxy) is 1. The van der Waals surface area contributed by atoms with Crippen molar-refractivity contribution >= 4 is 22.3 Å². The Morgan fingerprint density at radius 2 is 2.15 bits per heavy atom. The van der Waals surface area contributed by atoms with E-state index >= 15 is 0 Å². The Hall–Kier alpha value is -2.21. The molecular weight excluding hydrogens is 258 g/mol. The molecule has 2 rings (SSSR count). The average molecular weight is 275 g/mol. The number of pyridine rings is 1. The number of methoxy groups -OCH3 is 1. The fraction of sp³-hybridized carbons (Fsp3) is 0.357. The Morgan fingerprint density at radius 1 is 1.40 bits per heavy atom. The minimum atomic E-state index is -0.405. The van der Waals surface area contributed by atoms with Crippen molar-refractivity contribution in [3.05, 3.63) is 40.6 Å². The number of fused-ring (bicyclic) bond motifs is 1. The molecule has 20 heavy (non-hydrogen) atoms. The van der Waals surface area contributed by atoms with Crippen molar-refractivity contribution in [2.45, 2.75) is 19.4 Å². The third-order valence-electron chi connectivity index (χ3n) is 3.20. The van der Waals surface area contributed by atoms with Gasteiger partial charge in [0.25, 0.3) is 0 Å². The predicted molar refractivity (Wildman–Crippen MR) is 78.0 cm³/mol. The topological polar surface area (TPSA) is 77.3 Å². The van der Waals surface area contributed by atoms with E-state index in [2.05, 4.69) is 10.3 Å². The molecule has 0 aliphatic rings. The molecule has 0 spiro atoms. The van der Waals surface area contributed by atoms with Crippen molar-refractivity contribution in [3.8, 4) is 0 Å². The van der Waals surface area contributed by atoms with E-state index in [1.807, 2.05) is 13.8 Å². The highest BCUT2D eigenvalue weighted by atomic mass is 16.6. The molecule has 0 unspecified atom stereocenters. The molecule has 1 aromatic carbocycles. The molecule has 0 aliphatic heterocycles. The van der Waals surface area contributed by atoms with Gasteiger partial charge in [-0.3, -0.25) is 15.1 Å². The molecule has 1 heterocycles. The smallest absolute Gasteiger partial charge is 0.301 e. The maximum Gasteiger partial charge on any atom is 0.301 e. The molecule has 106 valence electrons. The number of benzene rings is 1. The van der Waals surface area contributed by atoms with Gasteiger partial charge in [-0.2, -0.15) is 0 Å². The SMILES string of the molecule is COC(C)(C)CNc1ccc2ncccc2c1[N+](=O)[O-]. The van der Waals surface area contributed by atoms with Gasteiger partial charge in [0.05, 0.1) is 21.4 Å². The summed E-state index contributed by atoms with van der Waals surface area (Å²) in [6.45, 7) is 4.29. The van der Waals surface area contributed by atoms with Crippen LogP contribution in [0.15, 0.2) is 30.5 Å². The van der Waals surface area contributed by atoms with Crippen LogP contribution in [-0.2, 0) is 4.74 Å². The molecule has 1 N–H and O–H groups in total. The van der Waals surface area contributed by atoms with E-state index in [4.69, 9.17) is 4.74 Å². The summed E-state index contributed by atoms with van der Waals surface area (Å²) in [5, 5.41) is 14.9. The number of rotatable bonds is 5. The Morgan fingerprint density at radius 3 is 2.80 bits per heavy atom. The first kappa shape index (κ1) is 14.2. The monoisotopic (exact) mass is 275 g/mol. The quantitative estimate of drug-likeness (QED) is 0.670. The second-order valence-electron chi connectivity index (χ2n) is 5.11. The van der Waals surface area contributed by atoms with Gasteiger partial charge in [-0.05, 0) is 38.1 Å². The molecule has 0 saturated carbocycles. The number of hydrogen-bond acceptors (Lipinski definition) is 5. The first-order valence-electron chi connectivity index (χ1n) is 6.26. The summed E-state index contributed by atoms with van der Waals surface area (Å²) in [5.74, 6) is 0. The van der Waals surface area contributed by atoms with E-state index in [0.29, 0.717) is 23.1 Å². The van der Waals surface area contributed by atoms with Crippen LogP contribution in [0.2, 0.25) is 0 Å². The van der Waals surface area contributed by atoms with Crippen LogP contribution in [0.5, 0.6) is 0 Å². The van der Waals surface area contributed by atoms with Crippen molar-refractivity contribution in [1.29, 1.82) is 0 Å². The molecule has 0 amide bonds. The first-order valence-corrected chi connectivity index (χ1v) is 6.26. The van der Waals surface area contributed by atoms with Gasteiger partial charge in [0.15, 0.2) is 0 Å². The van der Waals surface area contributed by atoms with Crippen LogP contribution in [-0.4, -0.2) is 29.2 Å². The highest BCUT2D eigenvalue weighted by Crippen LogP contribution is 2.32. The third-order valence-corrected chi connectivity index (χ3v) is 3.20. The van der Waals surface area contributed by atoms with Crippen molar-refractivity contribution in [2.75, 3.05) is 19.0 Å². The standard InChI is InChI=1S/C14H17N3O3/c1-14(2,20-3)9-16-12-7-6-11-10(5-4-8-15-11)13(12)17(18)19/h4-8,16H,9H2,1-3H3. The van der Waals surface area contributed by atoms with Crippen LogP contribution in [0.3, 0.4) is 0 Å². The van der Waals surface area contributed by atoms with Gasteiger partial charge in [0.1, 0.15) is 5.69 Å². The average Bonchev–Trinajstić information content (AvgIpc) is 2.44. The summed E-state index contributed by atoms with van der Waals surface area (Å²) in [5.41, 5.74) is 0.719. The van der Waals surface area contributed by atoms with Crippen molar-refractivity contribution in [2.24, 2.45) is 0 Å². The molecule has 6 nitrogen and oxygen atoms in total. The lowest BCUT2D eigenvalue weighted by atomic mass is 10.1. The van der Waals surface area contributed by atoms with Crippen molar-refractivity contribution in [1.82, 2.24) is 4.98 Å². The number of nitro groups is 1. The lowest BCUT2D eigenvalue weighted by molar-refractivity contribution is -0.382. The lowest BCUT2D eigenvalue weighted by Crippen LogP contribution is -2.32. The fourth-order valence-electron chi connectivity index (χ4n) is 1.86. The van der Waals surface area contributed by atoms with E-state index in [1.54, 1.807) is 37.6 Å². The fourth-order valence-corrected chi connectivity index (χ4v) is 1.86. The zero-order valence-corrected chi connectivity index (χ0v) is 11.7. The summed E-state index contributed by atoms with van der Waals surface area (Å²) < 4.78 is 5.30. The minimum absolute atomic E-state index is 0.0440. The zero-order valence-electron chi connectivity index (χ0n) is 11.7. The van der Waals surface area contributed by atoms with E-state index in [0.717, 1.165) is 0 Å². The molecule has 0 bridgehead atoms. The number of nitrogens with zero attached hydrogens (tertiary/aromatic N) is 2. The molecule has 0 aliphatic carbocycles. The van der Waals surface area contributed by atoms with Crippen LogP contribution < -0.4 is 5.32 Å². The van der Waals surface area contributed by atoms with Crippen LogP contribution >= 0.6 is 0 Å². The second-order valence-corrected chi connectivity index (χ2v) is 5.11. The summed E-state index contributed by atoms with van der Waals surface area (Å²) >= 11 is 0. The second kappa shape index (κ2) is 5.42. The van der Waals surface area contributed by atoms with E-state index in [1.165, 1.54) is 0 Å². The van der Waals surface area contributed by atoms with Crippen molar-refractivity contribution in [3.63, 3.8) is 0 Å². The summed E-state index contributed by atoms with van der Waals surface area (Å²) in [4.78, 5) is 15.1. The van der Waals surface area contributed by atoms with Gasteiger partial charge in [-0.15, -0.1) is 0 Å². The number of anilines is 1. The Balaban J connectivity index is 2.43. The molecular formula is C14H17N3O3. The number of hydrogen-bond donors (Lipinski definition) is 1. The van der Waals surface area contributed by atoms with Gasteiger partial charge in [-0.25, -0.2) is 0 Å².